The number of nitrogens with one attached hydrogen (secondary N) is 1. The van der Waals surface area contributed by atoms with Gasteiger partial charge in [0.05, 0.1) is 0 Å². The van der Waals surface area contributed by atoms with Crippen molar-refractivity contribution < 1.29 is 4.79 Å². The van der Waals surface area contributed by atoms with Gasteiger partial charge in [0.15, 0.2) is 0 Å². The fraction of sp³-hybridized carbons (Fsp3) is 0.167. The molecule has 0 bridgehead atoms. The van der Waals surface area contributed by atoms with E-state index in [1.807, 2.05) is 31.2 Å². The van der Waals surface area contributed by atoms with Crippen molar-refractivity contribution >= 4 is 23.5 Å². The van der Waals surface area contributed by atoms with Gasteiger partial charge in [0.2, 0.25) is 0 Å². The fourth-order valence-electron chi connectivity index (χ4n) is 1.09. The Balaban J connectivity index is 2.65. The van der Waals surface area contributed by atoms with Gasteiger partial charge in [-0.25, -0.2) is 0 Å². The SMILES string of the molecule is C=C(CC=O)NC(=S)c1ccc(C)cc1. The lowest BCUT2D eigenvalue weighted by Crippen LogP contribution is -2.21. The molecule has 0 fully saturated rings. The van der Waals surface area contributed by atoms with Crippen LogP contribution in [0.15, 0.2) is 36.5 Å². The predicted molar refractivity (Wildman–Crippen MR) is 65.8 cm³/mol. The first kappa shape index (κ1) is 11.6. The van der Waals surface area contributed by atoms with Crippen LogP contribution in [0.2, 0.25) is 0 Å². The monoisotopic (exact) mass is 219 g/mol. The van der Waals surface area contributed by atoms with E-state index in [1.54, 1.807) is 0 Å². The molecule has 0 saturated heterocycles. The fourth-order valence-corrected chi connectivity index (χ4v) is 1.37. The second-order valence-corrected chi connectivity index (χ2v) is 3.70. The van der Waals surface area contributed by atoms with Gasteiger partial charge in [-0.15, -0.1) is 0 Å². The minimum Gasteiger partial charge on any atom is -0.350 e. The maximum Gasteiger partial charge on any atom is 0.125 e. The number of benzene rings is 1. The standard InChI is InChI=1S/C12H13NOS/c1-9-3-5-11(6-4-9)12(15)13-10(2)7-8-14/h3-6,8H,2,7H2,1H3,(H,13,15). The summed E-state index contributed by atoms with van der Waals surface area (Å²) in [6.07, 6.45) is 1.08. The number of aldehydes is 1. The van der Waals surface area contributed by atoms with Gasteiger partial charge in [-0.1, -0.05) is 48.6 Å². The van der Waals surface area contributed by atoms with E-state index >= 15 is 0 Å². The Hall–Kier alpha value is -1.48. The highest BCUT2D eigenvalue weighted by molar-refractivity contribution is 7.80. The smallest absolute Gasteiger partial charge is 0.125 e. The number of hydrogen-bond donors (Lipinski definition) is 1. The maximum atomic E-state index is 10.2. The lowest BCUT2D eigenvalue weighted by molar-refractivity contribution is -0.107. The summed E-state index contributed by atoms with van der Waals surface area (Å²) in [5.41, 5.74) is 2.74. The first-order valence-corrected chi connectivity index (χ1v) is 5.03. The van der Waals surface area contributed by atoms with E-state index in [0.29, 0.717) is 10.7 Å². The van der Waals surface area contributed by atoms with E-state index in [9.17, 15) is 4.79 Å². The molecule has 0 saturated carbocycles. The first-order valence-electron chi connectivity index (χ1n) is 4.63. The summed E-state index contributed by atoms with van der Waals surface area (Å²) in [5, 5.41) is 2.92. The third kappa shape index (κ3) is 3.64. The number of rotatable bonds is 4. The third-order valence-corrected chi connectivity index (χ3v) is 2.27. The van der Waals surface area contributed by atoms with E-state index in [4.69, 9.17) is 12.2 Å². The van der Waals surface area contributed by atoms with Gasteiger partial charge < -0.3 is 10.1 Å². The van der Waals surface area contributed by atoms with Crippen LogP contribution >= 0.6 is 12.2 Å². The highest BCUT2D eigenvalue weighted by Crippen LogP contribution is 2.05. The average molecular weight is 219 g/mol. The Morgan fingerprint density at radius 1 is 1.47 bits per heavy atom. The van der Waals surface area contributed by atoms with E-state index in [2.05, 4.69) is 11.9 Å². The molecule has 0 aliphatic rings. The molecular formula is C12H13NOS. The van der Waals surface area contributed by atoms with Gasteiger partial charge in [-0.2, -0.15) is 0 Å². The van der Waals surface area contributed by atoms with Gasteiger partial charge in [0.25, 0.3) is 0 Å². The zero-order valence-electron chi connectivity index (χ0n) is 8.62. The molecule has 0 radical (unpaired) electrons. The Morgan fingerprint density at radius 3 is 2.60 bits per heavy atom. The molecule has 1 aromatic carbocycles. The van der Waals surface area contributed by atoms with Gasteiger partial charge in [-0.3, -0.25) is 0 Å². The summed E-state index contributed by atoms with van der Waals surface area (Å²) in [6, 6.07) is 7.87. The van der Waals surface area contributed by atoms with Crippen LogP contribution in [-0.2, 0) is 4.79 Å². The minimum absolute atomic E-state index is 0.284. The number of carbonyl (C=O) groups is 1. The van der Waals surface area contributed by atoms with Crippen molar-refractivity contribution in [1.82, 2.24) is 5.32 Å². The molecule has 0 aliphatic carbocycles. The molecule has 1 rings (SSSR count). The van der Waals surface area contributed by atoms with Gasteiger partial charge in [0, 0.05) is 17.7 Å². The van der Waals surface area contributed by atoms with Crippen LogP contribution < -0.4 is 5.32 Å². The molecule has 0 heterocycles. The number of hydrogen-bond acceptors (Lipinski definition) is 2. The normalized spacial score (nSPS) is 9.40. The largest absolute Gasteiger partial charge is 0.350 e. The molecule has 0 spiro atoms. The van der Waals surface area contributed by atoms with Crippen LogP contribution in [0.4, 0.5) is 0 Å². The lowest BCUT2D eigenvalue weighted by atomic mass is 10.1. The number of allylic oxidation sites excluding steroid dienone is 1. The Labute approximate surface area is 95.0 Å². The van der Waals surface area contributed by atoms with Crippen LogP contribution in [0.1, 0.15) is 17.5 Å². The van der Waals surface area contributed by atoms with E-state index in [1.165, 1.54) is 5.56 Å². The predicted octanol–water partition coefficient (Wildman–Crippen LogP) is 2.36. The lowest BCUT2D eigenvalue weighted by Gasteiger charge is -2.08. The highest BCUT2D eigenvalue weighted by atomic mass is 32.1. The second-order valence-electron chi connectivity index (χ2n) is 3.29. The van der Waals surface area contributed by atoms with E-state index in [0.717, 1.165) is 11.8 Å². The molecule has 0 aliphatic heterocycles. The molecule has 0 aromatic heterocycles. The van der Waals surface area contributed by atoms with Crippen molar-refractivity contribution in [2.24, 2.45) is 0 Å². The Bertz CT molecular complexity index is 381. The van der Waals surface area contributed by atoms with Crippen molar-refractivity contribution in [3.63, 3.8) is 0 Å². The number of aryl methyl sites for hydroxylation is 1. The maximum absolute atomic E-state index is 10.2. The summed E-state index contributed by atoms with van der Waals surface area (Å²) in [4.78, 5) is 10.8. The van der Waals surface area contributed by atoms with Crippen LogP contribution in [0, 0.1) is 6.92 Å². The van der Waals surface area contributed by atoms with Crippen LogP contribution in [0.25, 0.3) is 0 Å². The molecular weight excluding hydrogens is 206 g/mol. The van der Waals surface area contributed by atoms with Crippen molar-refractivity contribution in [3.05, 3.63) is 47.7 Å². The van der Waals surface area contributed by atoms with E-state index < -0.39 is 0 Å². The number of thiocarbonyl (C=S) groups is 1. The average Bonchev–Trinajstić information content (AvgIpc) is 2.18. The molecule has 78 valence electrons. The molecule has 15 heavy (non-hydrogen) atoms. The summed E-state index contributed by atoms with van der Waals surface area (Å²) < 4.78 is 0. The van der Waals surface area contributed by atoms with Crippen molar-refractivity contribution in [3.8, 4) is 0 Å². The Morgan fingerprint density at radius 2 is 2.07 bits per heavy atom. The Kier molecular flexibility index (Phi) is 4.18. The summed E-state index contributed by atoms with van der Waals surface area (Å²) in [7, 11) is 0. The third-order valence-electron chi connectivity index (χ3n) is 1.93. The summed E-state index contributed by atoms with van der Waals surface area (Å²) in [6.45, 7) is 5.72. The second kappa shape index (κ2) is 5.41. The van der Waals surface area contributed by atoms with E-state index in [-0.39, 0.29) is 6.42 Å². The zero-order valence-corrected chi connectivity index (χ0v) is 9.43. The quantitative estimate of drug-likeness (QED) is 0.622. The van der Waals surface area contributed by atoms with Crippen molar-refractivity contribution in [2.75, 3.05) is 0 Å². The van der Waals surface area contributed by atoms with Gasteiger partial charge >= 0.3 is 0 Å². The molecule has 0 atom stereocenters. The molecule has 2 nitrogen and oxygen atoms in total. The van der Waals surface area contributed by atoms with Crippen LogP contribution in [-0.4, -0.2) is 11.3 Å². The van der Waals surface area contributed by atoms with Crippen LogP contribution in [0.5, 0.6) is 0 Å². The minimum atomic E-state index is 0.284. The first-order chi connectivity index (χ1) is 7.13. The van der Waals surface area contributed by atoms with Gasteiger partial charge in [0.1, 0.15) is 11.3 Å². The van der Waals surface area contributed by atoms with Crippen molar-refractivity contribution in [2.45, 2.75) is 13.3 Å². The topological polar surface area (TPSA) is 29.1 Å². The molecule has 1 N–H and O–H groups in total. The molecule has 1 aromatic rings. The van der Waals surface area contributed by atoms with Gasteiger partial charge in [-0.05, 0) is 6.92 Å². The number of carbonyl (C=O) groups excluding carboxylic acids is 1. The summed E-state index contributed by atoms with van der Waals surface area (Å²) >= 11 is 5.17. The molecule has 0 unspecified atom stereocenters. The highest BCUT2D eigenvalue weighted by Gasteiger charge is 2.01. The zero-order chi connectivity index (χ0) is 11.3. The molecule has 3 heteroatoms. The van der Waals surface area contributed by atoms with Crippen molar-refractivity contribution in [1.29, 1.82) is 0 Å². The van der Waals surface area contributed by atoms with Crippen LogP contribution in [0.3, 0.4) is 0 Å². The molecule has 0 amide bonds. The summed E-state index contributed by atoms with van der Waals surface area (Å²) in [5.74, 6) is 0.